The zero-order valence-corrected chi connectivity index (χ0v) is 39.1. The van der Waals surface area contributed by atoms with Crippen LogP contribution in [0.15, 0.2) is 36.4 Å². The van der Waals surface area contributed by atoms with Gasteiger partial charge in [0.2, 0.25) is 11.5 Å². The molecule has 4 aromatic carbocycles. The molecule has 6 heteroatoms. The van der Waals surface area contributed by atoms with Crippen molar-refractivity contribution in [2.75, 3.05) is 39.6 Å². The van der Waals surface area contributed by atoms with E-state index in [1.165, 1.54) is 77.0 Å². The molecule has 0 saturated carbocycles. The van der Waals surface area contributed by atoms with E-state index in [0.29, 0.717) is 51.1 Å². The number of rotatable bonds is 36. The molecule has 0 fully saturated rings. The number of unbranched alkanes of at least 4 members (excludes halogenated alkanes) is 18. The van der Waals surface area contributed by atoms with Gasteiger partial charge in [0, 0.05) is 16.2 Å². The Morgan fingerprint density at radius 2 is 0.583 bits per heavy atom. The fourth-order valence-electron chi connectivity index (χ4n) is 8.15. The second kappa shape index (κ2) is 29.7. The van der Waals surface area contributed by atoms with E-state index in [1.807, 2.05) is 0 Å². The molecule has 0 aliphatic carbocycles. The van der Waals surface area contributed by atoms with Crippen LogP contribution in [0.3, 0.4) is 0 Å². The molecule has 60 heavy (non-hydrogen) atoms. The van der Waals surface area contributed by atoms with Crippen molar-refractivity contribution in [3.8, 4) is 34.5 Å². The highest BCUT2D eigenvalue weighted by Gasteiger charge is 2.30. The minimum Gasteiger partial charge on any atom is -0.490 e. The second-order valence-corrected chi connectivity index (χ2v) is 16.9. The Morgan fingerprint density at radius 3 is 1.00 bits per heavy atom. The second-order valence-electron chi connectivity index (χ2n) is 16.9. The van der Waals surface area contributed by atoms with Gasteiger partial charge < -0.3 is 28.4 Å². The lowest BCUT2D eigenvalue weighted by molar-refractivity contribution is 0.222. The van der Waals surface area contributed by atoms with E-state index < -0.39 is 0 Å². The van der Waals surface area contributed by atoms with Crippen molar-refractivity contribution in [3.05, 3.63) is 36.4 Å². The van der Waals surface area contributed by atoms with E-state index in [4.69, 9.17) is 28.4 Å². The third-order valence-corrected chi connectivity index (χ3v) is 11.7. The topological polar surface area (TPSA) is 55.4 Å². The van der Waals surface area contributed by atoms with Crippen LogP contribution in [0.25, 0.3) is 32.3 Å². The first-order valence-corrected chi connectivity index (χ1v) is 24.9. The Kier molecular flexibility index (Phi) is 24.3. The van der Waals surface area contributed by atoms with E-state index in [2.05, 4.69) is 77.9 Å². The van der Waals surface area contributed by atoms with Crippen molar-refractivity contribution in [2.24, 2.45) is 0 Å². The van der Waals surface area contributed by atoms with Crippen molar-refractivity contribution in [1.29, 1.82) is 0 Å². The third-order valence-electron chi connectivity index (χ3n) is 11.7. The van der Waals surface area contributed by atoms with E-state index in [-0.39, 0.29) is 0 Å². The van der Waals surface area contributed by atoms with E-state index in [9.17, 15) is 0 Å². The van der Waals surface area contributed by atoms with E-state index in [0.717, 1.165) is 132 Å². The van der Waals surface area contributed by atoms with Crippen LogP contribution >= 0.6 is 0 Å². The van der Waals surface area contributed by atoms with Gasteiger partial charge in [-0.05, 0) is 66.8 Å². The molecule has 0 aromatic heterocycles. The lowest BCUT2D eigenvalue weighted by Gasteiger charge is -2.26. The molecule has 0 aliphatic rings. The van der Waals surface area contributed by atoms with Gasteiger partial charge in [-0.25, -0.2) is 0 Å². The summed E-state index contributed by atoms with van der Waals surface area (Å²) < 4.78 is 42.0. The molecule has 6 nitrogen and oxygen atoms in total. The van der Waals surface area contributed by atoms with Crippen LogP contribution in [0.4, 0.5) is 0 Å². The summed E-state index contributed by atoms with van der Waals surface area (Å²) in [6.07, 6.45) is 26.9. The first-order valence-electron chi connectivity index (χ1n) is 24.9. The lowest BCUT2D eigenvalue weighted by atomic mass is 9.91. The largest absolute Gasteiger partial charge is 0.490 e. The number of ether oxygens (including phenoxy) is 6. The smallest absolute Gasteiger partial charge is 0.208 e. The zero-order valence-electron chi connectivity index (χ0n) is 39.1. The van der Waals surface area contributed by atoms with Crippen molar-refractivity contribution < 1.29 is 28.4 Å². The molecule has 0 aliphatic heterocycles. The molecule has 0 spiro atoms. The summed E-state index contributed by atoms with van der Waals surface area (Å²) in [6, 6.07) is 13.1. The summed E-state index contributed by atoms with van der Waals surface area (Å²) in [4.78, 5) is 0. The van der Waals surface area contributed by atoms with Gasteiger partial charge in [0.1, 0.15) is 0 Å². The average molecular weight is 829 g/mol. The maximum atomic E-state index is 7.15. The Morgan fingerprint density at radius 1 is 0.267 bits per heavy atom. The molecule has 336 valence electrons. The van der Waals surface area contributed by atoms with Crippen LogP contribution in [0, 0.1) is 0 Å². The Bertz CT molecular complexity index is 1740. The SMILES string of the molecule is CCCCCCOc1ccc2c3ccccc3c3c(OCCCCCC)c(OCCCCCC)c(OCCCCCC)c(OCCCCCC)c3c2c1OCCCCCC. The van der Waals surface area contributed by atoms with Crippen molar-refractivity contribution in [1.82, 2.24) is 0 Å². The number of benzene rings is 4. The van der Waals surface area contributed by atoms with Gasteiger partial charge in [0.05, 0.1) is 39.6 Å². The molecule has 0 N–H and O–H groups in total. The van der Waals surface area contributed by atoms with Gasteiger partial charge in [-0.15, -0.1) is 0 Å². The molecule has 0 amide bonds. The van der Waals surface area contributed by atoms with Gasteiger partial charge >= 0.3 is 0 Å². The van der Waals surface area contributed by atoms with Crippen LogP contribution in [-0.2, 0) is 0 Å². The summed E-state index contributed by atoms with van der Waals surface area (Å²) in [7, 11) is 0. The predicted molar refractivity (Wildman–Crippen MR) is 257 cm³/mol. The standard InChI is InChI=1S/C54H84O6/c1-7-13-19-27-37-55-46-36-35-45-43-33-25-26-34-44(43)48-49(47(45)50(46)56-38-28-20-14-8-2)52(58-40-30-22-16-10-4)54(60-42-32-24-18-12-6)53(59-41-31-23-17-11-5)51(48)57-39-29-21-15-9-3/h25-26,33-36H,7-24,27-32,37-42H2,1-6H3. The molecular weight excluding hydrogens is 745 g/mol. The molecule has 0 radical (unpaired) electrons. The summed E-state index contributed by atoms with van der Waals surface area (Å²) >= 11 is 0. The van der Waals surface area contributed by atoms with Gasteiger partial charge in [0.15, 0.2) is 23.0 Å². The molecule has 0 atom stereocenters. The minimum absolute atomic E-state index is 0.582. The highest BCUT2D eigenvalue weighted by Crippen LogP contribution is 2.58. The number of hydrogen-bond donors (Lipinski definition) is 0. The van der Waals surface area contributed by atoms with Crippen molar-refractivity contribution in [2.45, 2.75) is 196 Å². The van der Waals surface area contributed by atoms with Gasteiger partial charge in [-0.1, -0.05) is 181 Å². The van der Waals surface area contributed by atoms with E-state index >= 15 is 0 Å². The summed E-state index contributed by atoms with van der Waals surface area (Å²) in [5.41, 5.74) is 0. The maximum Gasteiger partial charge on any atom is 0.208 e. The van der Waals surface area contributed by atoms with Gasteiger partial charge in [-0.2, -0.15) is 0 Å². The predicted octanol–water partition coefficient (Wildman–Crippen LogP) is 16.9. The fourth-order valence-corrected chi connectivity index (χ4v) is 8.15. The summed E-state index contributed by atoms with van der Waals surface area (Å²) in [5, 5.41) is 6.38. The lowest BCUT2D eigenvalue weighted by Crippen LogP contribution is -2.10. The summed E-state index contributed by atoms with van der Waals surface area (Å²) in [6.45, 7) is 17.2. The molecule has 0 heterocycles. The number of hydrogen-bond acceptors (Lipinski definition) is 6. The highest BCUT2D eigenvalue weighted by molar-refractivity contribution is 6.31. The fraction of sp³-hybridized carbons (Fsp3) is 0.667. The van der Waals surface area contributed by atoms with Gasteiger partial charge in [0.25, 0.3) is 0 Å². The molecule has 0 bridgehead atoms. The van der Waals surface area contributed by atoms with Crippen LogP contribution in [0.1, 0.15) is 196 Å². The molecular formula is C54H84O6. The maximum absolute atomic E-state index is 7.15. The summed E-state index contributed by atoms with van der Waals surface area (Å²) in [5.74, 6) is 4.44. The average Bonchev–Trinajstić information content (AvgIpc) is 3.27. The normalized spacial score (nSPS) is 11.5. The highest BCUT2D eigenvalue weighted by atomic mass is 16.6. The Balaban J connectivity index is 2.12. The number of fused-ring (bicyclic) bond motifs is 6. The van der Waals surface area contributed by atoms with Crippen molar-refractivity contribution in [3.63, 3.8) is 0 Å². The first kappa shape index (κ1) is 49.1. The van der Waals surface area contributed by atoms with Crippen molar-refractivity contribution >= 4 is 32.3 Å². The molecule has 4 aromatic rings. The molecule has 0 unspecified atom stereocenters. The quantitative estimate of drug-likeness (QED) is 0.0336. The molecule has 0 saturated heterocycles. The zero-order chi connectivity index (χ0) is 42.6. The van der Waals surface area contributed by atoms with Crippen LogP contribution in [0.2, 0.25) is 0 Å². The Labute approximate surface area is 365 Å². The molecule has 4 rings (SSSR count). The monoisotopic (exact) mass is 829 g/mol. The Hall–Kier alpha value is -3.54. The third kappa shape index (κ3) is 14.8. The van der Waals surface area contributed by atoms with Crippen LogP contribution in [0.5, 0.6) is 34.5 Å². The minimum atomic E-state index is 0.582. The van der Waals surface area contributed by atoms with Crippen LogP contribution in [-0.4, -0.2) is 39.6 Å². The first-order chi connectivity index (χ1) is 29.7. The van der Waals surface area contributed by atoms with Gasteiger partial charge in [-0.3, -0.25) is 0 Å². The van der Waals surface area contributed by atoms with Crippen LogP contribution < -0.4 is 28.4 Å². The van der Waals surface area contributed by atoms with E-state index in [1.54, 1.807) is 0 Å².